The Bertz CT molecular complexity index is 76.6. The zero-order valence-corrected chi connectivity index (χ0v) is 6.27. The quantitative estimate of drug-likeness (QED) is 0.613. The molecule has 0 bridgehead atoms. The van der Waals surface area contributed by atoms with Gasteiger partial charge in [-0.3, -0.25) is 0 Å². The van der Waals surface area contributed by atoms with Crippen LogP contribution in [0.25, 0.3) is 0 Å². The highest BCUT2D eigenvalue weighted by atomic mass is 14.6. The van der Waals surface area contributed by atoms with Crippen molar-refractivity contribution in [3.8, 4) is 0 Å². The molecule has 0 saturated heterocycles. The lowest BCUT2D eigenvalue weighted by Gasteiger charge is -2.07. The van der Waals surface area contributed by atoms with Crippen LogP contribution < -0.4 is 5.73 Å². The summed E-state index contributed by atoms with van der Waals surface area (Å²) < 4.78 is 0. The van der Waals surface area contributed by atoms with Crippen molar-refractivity contribution in [3.05, 3.63) is 0 Å². The third-order valence-electron chi connectivity index (χ3n) is 1.99. The summed E-state index contributed by atoms with van der Waals surface area (Å²) in [6.07, 6.45) is 6.63. The molecule has 1 fully saturated rings. The number of hydrogen-bond acceptors (Lipinski definition) is 1. The van der Waals surface area contributed by atoms with Crippen LogP contribution in [0.1, 0.15) is 39.0 Å². The molecule has 1 atom stereocenters. The van der Waals surface area contributed by atoms with E-state index in [1.807, 2.05) is 0 Å². The molecule has 0 unspecified atom stereocenters. The smallest absolute Gasteiger partial charge is 0.00413 e. The van der Waals surface area contributed by atoms with Gasteiger partial charge in [0.1, 0.15) is 0 Å². The Morgan fingerprint density at radius 1 is 1.56 bits per heavy atom. The molecule has 0 spiro atoms. The van der Waals surface area contributed by atoms with Crippen LogP contribution in [-0.4, -0.2) is 6.04 Å². The minimum atomic E-state index is 0.502. The fraction of sp³-hybridized carbons (Fsp3) is 1.00. The molecule has 0 heterocycles. The maximum absolute atomic E-state index is 5.83. The zero-order chi connectivity index (χ0) is 6.69. The second kappa shape index (κ2) is 3.21. The van der Waals surface area contributed by atoms with E-state index >= 15 is 0 Å². The van der Waals surface area contributed by atoms with Crippen molar-refractivity contribution < 1.29 is 0 Å². The van der Waals surface area contributed by atoms with Crippen LogP contribution in [0.4, 0.5) is 0 Å². The lowest BCUT2D eigenvalue weighted by atomic mass is 10.1. The fourth-order valence-corrected chi connectivity index (χ4v) is 1.27. The van der Waals surface area contributed by atoms with Gasteiger partial charge >= 0.3 is 0 Å². The van der Waals surface area contributed by atoms with Crippen LogP contribution in [0.15, 0.2) is 0 Å². The predicted octanol–water partition coefficient (Wildman–Crippen LogP) is 1.91. The van der Waals surface area contributed by atoms with Crippen LogP contribution in [0, 0.1) is 5.92 Å². The molecule has 2 N–H and O–H groups in total. The maximum atomic E-state index is 5.83. The normalized spacial score (nSPS) is 22.0. The van der Waals surface area contributed by atoms with Gasteiger partial charge in [0, 0.05) is 6.04 Å². The van der Waals surface area contributed by atoms with E-state index in [4.69, 9.17) is 5.73 Å². The fourth-order valence-electron chi connectivity index (χ4n) is 1.27. The van der Waals surface area contributed by atoms with Crippen LogP contribution >= 0.6 is 0 Å². The third-order valence-corrected chi connectivity index (χ3v) is 1.99. The van der Waals surface area contributed by atoms with E-state index in [2.05, 4.69) is 6.92 Å². The van der Waals surface area contributed by atoms with Crippen molar-refractivity contribution in [3.63, 3.8) is 0 Å². The molecular formula is C8H17N. The van der Waals surface area contributed by atoms with E-state index in [-0.39, 0.29) is 0 Å². The molecule has 0 aromatic rings. The van der Waals surface area contributed by atoms with Crippen molar-refractivity contribution in [2.24, 2.45) is 11.7 Å². The summed E-state index contributed by atoms with van der Waals surface area (Å²) in [4.78, 5) is 0. The molecule has 1 saturated carbocycles. The first-order chi connectivity index (χ1) is 4.33. The number of hydrogen-bond donors (Lipinski definition) is 1. The van der Waals surface area contributed by atoms with E-state index in [0.717, 1.165) is 5.92 Å². The van der Waals surface area contributed by atoms with E-state index in [0.29, 0.717) is 6.04 Å². The number of rotatable bonds is 4. The monoisotopic (exact) mass is 127 g/mol. The molecule has 1 nitrogen and oxygen atoms in total. The molecule has 54 valence electrons. The first-order valence-electron chi connectivity index (χ1n) is 4.08. The van der Waals surface area contributed by atoms with Gasteiger partial charge in [-0.15, -0.1) is 0 Å². The second-order valence-corrected chi connectivity index (χ2v) is 3.23. The Hall–Kier alpha value is -0.0400. The Morgan fingerprint density at radius 2 is 2.22 bits per heavy atom. The first kappa shape index (κ1) is 7.07. The standard InChI is InChI=1S/C8H17N/c1-2-3-8(9)6-7-4-5-7/h7-8H,2-6,9H2,1H3/t8-/m1/s1. The Balaban J connectivity index is 1.95. The van der Waals surface area contributed by atoms with Crippen molar-refractivity contribution in [2.45, 2.75) is 45.1 Å². The van der Waals surface area contributed by atoms with E-state index < -0.39 is 0 Å². The van der Waals surface area contributed by atoms with E-state index in [1.54, 1.807) is 0 Å². The van der Waals surface area contributed by atoms with Crippen LogP contribution in [0.5, 0.6) is 0 Å². The predicted molar refractivity (Wildman–Crippen MR) is 40.2 cm³/mol. The van der Waals surface area contributed by atoms with Gasteiger partial charge in [0.2, 0.25) is 0 Å². The largest absolute Gasteiger partial charge is 0.328 e. The molecule has 0 aromatic carbocycles. The Morgan fingerprint density at radius 3 is 2.67 bits per heavy atom. The van der Waals surface area contributed by atoms with Crippen molar-refractivity contribution in [2.75, 3.05) is 0 Å². The van der Waals surface area contributed by atoms with Crippen molar-refractivity contribution in [1.29, 1.82) is 0 Å². The van der Waals surface area contributed by atoms with Gasteiger partial charge in [-0.1, -0.05) is 26.2 Å². The van der Waals surface area contributed by atoms with Gasteiger partial charge in [-0.2, -0.15) is 0 Å². The molecule has 0 radical (unpaired) electrons. The summed E-state index contributed by atoms with van der Waals surface area (Å²) in [5.41, 5.74) is 5.83. The first-order valence-corrected chi connectivity index (χ1v) is 4.08. The van der Waals surface area contributed by atoms with Gasteiger partial charge in [0.15, 0.2) is 0 Å². The van der Waals surface area contributed by atoms with Crippen LogP contribution in [-0.2, 0) is 0 Å². The number of nitrogens with two attached hydrogens (primary N) is 1. The molecule has 0 aromatic heterocycles. The molecule has 0 amide bonds. The molecule has 1 aliphatic rings. The van der Waals surface area contributed by atoms with Crippen molar-refractivity contribution in [1.82, 2.24) is 0 Å². The summed E-state index contributed by atoms with van der Waals surface area (Å²) in [5, 5.41) is 0. The molecule has 1 heteroatoms. The zero-order valence-electron chi connectivity index (χ0n) is 6.27. The maximum Gasteiger partial charge on any atom is 0.00413 e. The summed E-state index contributed by atoms with van der Waals surface area (Å²) in [7, 11) is 0. The molecule has 1 rings (SSSR count). The average molecular weight is 127 g/mol. The Labute approximate surface area is 57.6 Å². The lowest BCUT2D eigenvalue weighted by molar-refractivity contribution is 0.528. The Kier molecular flexibility index (Phi) is 2.52. The van der Waals surface area contributed by atoms with Crippen LogP contribution in [0.2, 0.25) is 0 Å². The van der Waals surface area contributed by atoms with Gasteiger partial charge < -0.3 is 5.73 Å². The topological polar surface area (TPSA) is 26.0 Å². The summed E-state index contributed by atoms with van der Waals surface area (Å²) in [6, 6.07) is 0.502. The molecule has 0 aliphatic heterocycles. The highest BCUT2D eigenvalue weighted by Crippen LogP contribution is 2.33. The van der Waals surface area contributed by atoms with Gasteiger partial charge in [-0.25, -0.2) is 0 Å². The minimum Gasteiger partial charge on any atom is -0.328 e. The second-order valence-electron chi connectivity index (χ2n) is 3.23. The molecule has 1 aliphatic carbocycles. The van der Waals surface area contributed by atoms with Gasteiger partial charge in [0.25, 0.3) is 0 Å². The summed E-state index contributed by atoms with van der Waals surface area (Å²) >= 11 is 0. The highest BCUT2D eigenvalue weighted by molar-refractivity contribution is 4.77. The SMILES string of the molecule is CCC[C@@H](N)CC1CC1. The molecular weight excluding hydrogens is 110 g/mol. The lowest BCUT2D eigenvalue weighted by Crippen LogP contribution is -2.19. The van der Waals surface area contributed by atoms with E-state index in [9.17, 15) is 0 Å². The van der Waals surface area contributed by atoms with Crippen LogP contribution in [0.3, 0.4) is 0 Å². The molecule has 9 heavy (non-hydrogen) atoms. The minimum absolute atomic E-state index is 0.502. The van der Waals surface area contributed by atoms with Gasteiger partial charge in [0.05, 0.1) is 0 Å². The third kappa shape index (κ3) is 2.85. The van der Waals surface area contributed by atoms with Gasteiger partial charge in [-0.05, 0) is 18.8 Å². The summed E-state index contributed by atoms with van der Waals surface area (Å²) in [5.74, 6) is 1.01. The highest BCUT2D eigenvalue weighted by Gasteiger charge is 2.22. The van der Waals surface area contributed by atoms with E-state index in [1.165, 1.54) is 32.1 Å². The summed E-state index contributed by atoms with van der Waals surface area (Å²) in [6.45, 7) is 2.20. The average Bonchev–Trinajstić information content (AvgIpc) is 2.50. The van der Waals surface area contributed by atoms with Crippen molar-refractivity contribution >= 4 is 0 Å².